The standard InChI is InChI=1S/C5H11O5P.Y/c1-9-11(8,10-2)4-5(7)3-6;/h6H,3-4H2,1-2H3;. The van der Waals surface area contributed by atoms with Gasteiger partial charge in [-0.3, -0.25) is 9.36 Å². The summed E-state index contributed by atoms with van der Waals surface area (Å²) < 4.78 is 20.1. The van der Waals surface area contributed by atoms with E-state index in [2.05, 4.69) is 9.05 Å². The molecule has 0 rings (SSSR count). The van der Waals surface area contributed by atoms with E-state index < -0.39 is 20.0 Å². The summed E-state index contributed by atoms with van der Waals surface area (Å²) in [5.41, 5.74) is 0. The quantitative estimate of drug-likeness (QED) is 0.714. The van der Waals surface area contributed by atoms with Gasteiger partial charge < -0.3 is 14.2 Å². The molecule has 0 unspecified atom stereocenters. The number of carbonyl (C=O) groups is 1. The summed E-state index contributed by atoms with van der Waals surface area (Å²) in [4.78, 5) is 10.6. The molecular weight excluding hydrogens is 260 g/mol. The van der Waals surface area contributed by atoms with E-state index in [1.807, 2.05) is 0 Å². The molecule has 0 bridgehead atoms. The summed E-state index contributed by atoms with van der Waals surface area (Å²) in [5, 5.41) is 8.31. The second-order valence-electron chi connectivity index (χ2n) is 1.83. The Bertz CT molecular complexity index is 175. The predicted molar refractivity (Wildman–Crippen MR) is 38.6 cm³/mol. The Hall–Kier alpha value is 0.884. The Morgan fingerprint density at radius 2 is 1.83 bits per heavy atom. The summed E-state index contributed by atoms with van der Waals surface area (Å²) in [6, 6.07) is 0. The average Bonchev–Trinajstić information content (AvgIpc) is 2.04. The van der Waals surface area contributed by atoms with Crippen molar-refractivity contribution in [2.24, 2.45) is 0 Å². The summed E-state index contributed by atoms with van der Waals surface area (Å²) in [6.45, 7) is -0.642. The van der Waals surface area contributed by atoms with Gasteiger partial charge >= 0.3 is 7.60 Å². The number of ketones is 1. The molecule has 0 aromatic carbocycles. The number of hydrogen-bond donors (Lipinski definition) is 1. The van der Waals surface area contributed by atoms with Crippen LogP contribution in [-0.2, 0) is 51.1 Å². The largest absolute Gasteiger partial charge is 0.389 e. The van der Waals surface area contributed by atoms with Gasteiger partial charge in [-0.05, 0) is 0 Å². The van der Waals surface area contributed by atoms with Crippen molar-refractivity contribution in [1.29, 1.82) is 0 Å². The van der Waals surface area contributed by atoms with Crippen LogP contribution in [-0.4, -0.2) is 37.9 Å². The normalized spacial score (nSPS) is 10.6. The topological polar surface area (TPSA) is 72.8 Å². The number of carbonyl (C=O) groups excluding carboxylic acids is 1. The first kappa shape index (κ1) is 15.4. The van der Waals surface area contributed by atoms with Gasteiger partial charge in [0.25, 0.3) is 0 Å². The molecular formula is C5H11O5PY. The molecule has 0 saturated heterocycles. The van der Waals surface area contributed by atoms with Crippen LogP contribution in [0.15, 0.2) is 0 Å². The molecule has 0 aromatic rings. The molecule has 0 amide bonds. The molecule has 5 nitrogen and oxygen atoms in total. The van der Waals surface area contributed by atoms with E-state index in [4.69, 9.17) is 5.11 Å². The molecule has 0 aromatic heterocycles. The third-order valence-corrected chi connectivity index (χ3v) is 2.96. The van der Waals surface area contributed by atoms with Crippen LogP contribution in [0.2, 0.25) is 0 Å². The van der Waals surface area contributed by atoms with Gasteiger partial charge in [-0.15, -0.1) is 0 Å². The molecule has 0 heterocycles. The number of Topliss-reactive ketones (excluding diaryl/α,β-unsaturated/α-hetero) is 1. The van der Waals surface area contributed by atoms with Gasteiger partial charge in [-0.1, -0.05) is 0 Å². The Morgan fingerprint density at radius 1 is 1.42 bits per heavy atom. The Morgan fingerprint density at radius 3 is 2.08 bits per heavy atom. The molecule has 7 heteroatoms. The maximum absolute atomic E-state index is 11.1. The van der Waals surface area contributed by atoms with Gasteiger partial charge in [0.05, 0.1) is 0 Å². The third kappa shape index (κ3) is 5.52. The minimum absolute atomic E-state index is 0. The SMILES string of the molecule is COP(=O)(CC(=O)CO)OC.[Y]. The van der Waals surface area contributed by atoms with Crippen molar-refractivity contribution in [3.63, 3.8) is 0 Å². The second-order valence-corrected chi connectivity index (χ2v) is 4.10. The van der Waals surface area contributed by atoms with Crippen LogP contribution in [0, 0.1) is 0 Å². The van der Waals surface area contributed by atoms with Crippen molar-refractivity contribution in [3.05, 3.63) is 0 Å². The first-order valence-electron chi connectivity index (χ1n) is 2.91. The summed E-state index contributed by atoms with van der Waals surface area (Å²) in [6.07, 6.45) is -0.378. The van der Waals surface area contributed by atoms with Crippen molar-refractivity contribution in [1.82, 2.24) is 0 Å². The molecule has 12 heavy (non-hydrogen) atoms. The summed E-state index contributed by atoms with van der Waals surface area (Å²) in [7, 11) is -0.884. The molecule has 0 saturated carbocycles. The van der Waals surface area contributed by atoms with E-state index in [-0.39, 0.29) is 38.9 Å². The zero-order valence-corrected chi connectivity index (χ0v) is 10.8. The molecule has 0 spiro atoms. The van der Waals surface area contributed by atoms with E-state index in [0.29, 0.717) is 0 Å². The van der Waals surface area contributed by atoms with Gasteiger partial charge in [0.1, 0.15) is 12.8 Å². The minimum Gasteiger partial charge on any atom is -0.389 e. The first-order valence-corrected chi connectivity index (χ1v) is 4.64. The Balaban J connectivity index is 0. The van der Waals surface area contributed by atoms with Crippen molar-refractivity contribution in [3.8, 4) is 0 Å². The second kappa shape index (κ2) is 7.30. The van der Waals surface area contributed by atoms with Crippen molar-refractivity contribution in [2.75, 3.05) is 27.0 Å². The molecule has 1 radical (unpaired) electrons. The van der Waals surface area contributed by atoms with E-state index in [1.54, 1.807) is 0 Å². The zero-order valence-electron chi connectivity index (χ0n) is 7.02. The molecule has 0 aliphatic rings. The molecule has 0 aliphatic heterocycles. The first-order chi connectivity index (χ1) is 5.08. The van der Waals surface area contributed by atoms with Crippen LogP contribution in [0.25, 0.3) is 0 Å². The fraction of sp³-hybridized carbons (Fsp3) is 0.800. The molecule has 69 valence electrons. The molecule has 0 aliphatic carbocycles. The number of aliphatic hydroxyl groups is 1. The van der Waals surface area contributed by atoms with Gasteiger partial charge in [0.2, 0.25) is 0 Å². The maximum atomic E-state index is 11.1. The Kier molecular flexibility index (Phi) is 9.35. The molecule has 1 N–H and O–H groups in total. The van der Waals surface area contributed by atoms with Crippen molar-refractivity contribution >= 4 is 13.4 Å². The summed E-state index contributed by atoms with van der Waals surface area (Å²) >= 11 is 0. The van der Waals surface area contributed by atoms with E-state index in [1.165, 1.54) is 14.2 Å². The van der Waals surface area contributed by atoms with Crippen LogP contribution in [0.4, 0.5) is 0 Å². The van der Waals surface area contributed by atoms with Gasteiger partial charge in [-0.2, -0.15) is 0 Å². The predicted octanol–water partition coefficient (Wildman–Crippen LogP) is 0.0312. The number of rotatable bonds is 5. The number of aliphatic hydroxyl groups excluding tert-OH is 1. The van der Waals surface area contributed by atoms with Crippen LogP contribution < -0.4 is 0 Å². The fourth-order valence-corrected chi connectivity index (χ4v) is 1.41. The fourth-order valence-electron chi connectivity index (χ4n) is 0.470. The zero-order chi connectivity index (χ0) is 8.91. The van der Waals surface area contributed by atoms with E-state index >= 15 is 0 Å². The van der Waals surface area contributed by atoms with Crippen molar-refractivity contribution < 1.29 is 56.2 Å². The number of hydrogen-bond acceptors (Lipinski definition) is 5. The van der Waals surface area contributed by atoms with Crippen LogP contribution >= 0.6 is 7.60 Å². The monoisotopic (exact) mass is 271 g/mol. The smallest absolute Gasteiger partial charge is 0.337 e. The van der Waals surface area contributed by atoms with E-state index in [9.17, 15) is 9.36 Å². The van der Waals surface area contributed by atoms with Gasteiger partial charge in [-0.25, -0.2) is 0 Å². The molecule has 0 fully saturated rings. The van der Waals surface area contributed by atoms with Crippen LogP contribution in [0.1, 0.15) is 0 Å². The van der Waals surface area contributed by atoms with Gasteiger partial charge in [0, 0.05) is 46.9 Å². The van der Waals surface area contributed by atoms with Gasteiger partial charge in [0.15, 0.2) is 5.78 Å². The van der Waals surface area contributed by atoms with Crippen LogP contribution in [0.5, 0.6) is 0 Å². The minimum atomic E-state index is -3.26. The van der Waals surface area contributed by atoms with E-state index in [0.717, 1.165) is 0 Å². The average molecular weight is 271 g/mol. The van der Waals surface area contributed by atoms with Crippen LogP contribution in [0.3, 0.4) is 0 Å². The molecule has 0 atom stereocenters. The maximum Gasteiger partial charge on any atom is 0.337 e. The Labute approximate surface area is 96.2 Å². The van der Waals surface area contributed by atoms with Crippen molar-refractivity contribution in [2.45, 2.75) is 0 Å². The third-order valence-electron chi connectivity index (χ3n) is 1.10. The summed E-state index contributed by atoms with van der Waals surface area (Å²) in [5.74, 6) is -0.558.